The number of nitrogens with zero attached hydrogens (tertiary/aromatic N) is 4. The molecule has 4 rings (SSSR count). The SMILES string of the molecule is O=C(Nc1nnc(C2CC2)s1)c1ccc(N2CCCC2)c([N+](=O)[O-])c1. The highest BCUT2D eigenvalue weighted by Gasteiger charge is 2.28. The Hall–Kier alpha value is -2.55. The molecular weight excluding hydrogens is 342 g/mol. The Bertz CT molecular complexity index is 827. The van der Waals surface area contributed by atoms with Crippen LogP contribution in [0.3, 0.4) is 0 Å². The van der Waals surface area contributed by atoms with Gasteiger partial charge in [-0.1, -0.05) is 11.3 Å². The number of aromatic nitrogens is 2. The van der Waals surface area contributed by atoms with Gasteiger partial charge in [0.2, 0.25) is 5.13 Å². The van der Waals surface area contributed by atoms with Gasteiger partial charge in [0.1, 0.15) is 10.7 Å². The molecule has 1 aliphatic carbocycles. The fraction of sp³-hybridized carbons (Fsp3) is 0.438. The Morgan fingerprint density at radius 1 is 1.28 bits per heavy atom. The zero-order chi connectivity index (χ0) is 17.4. The second-order valence-corrected chi connectivity index (χ2v) is 7.34. The van der Waals surface area contributed by atoms with E-state index in [-0.39, 0.29) is 11.3 Å². The van der Waals surface area contributed by atoms with Crippen LogP contribution in [0.4, 0.5) is 16.5 Å². The topological polar surface area (TPSA) is 101 Å². The molecule has 1 aromatic carbocycles. The Morgan fingerprint density at radius 2 is 2.04 bits per heavy atom. The van der Waals surface area contributed by atoms with Crippen molar-refractivity contribution in [3.8, 4) is 0 Å². The highest BCUT2D eigenvalue weighted by atomic mass is 32.1. The summed E-state index contributed by atoms with van der Waals surface area (Å²) in [5.74, 6) is 0.0681. The van der Waals surface area contributed by atoms with Gasteiger partial charge in [0, 0.05) is 30.6 Å². The predicted octanol–water partition coefficient (Wildman–Crippen LogP) is 3.18. The van der Waals surface area contributed by atoms with Gasteiger partial charge in [-0.25, -0.2) is 0 Å². The van der Waals surface area contributed by atoms with Crippen LogP contribution in [0.15, 0.2) is 18.2 Å². The van der Waals surface area contributed by atoms with E-state index in [4.69, 9.17) is 0 Å². The van der Waals surface area contributed by atoms with E-state index in [2.05, 4.69) is 15.5 Å². The molecule has 1 amide bonds. The fourth-order valence-electron chi connectivity index (χ4n) is 2.99. The Kier molecular flexibility index (Phi) is 4.08. The standard InChI is InChI=1S/C16H17N5O3S/c22-14(17-16-19-18-15(25-16)10-3-4-10)11-5-6-12(13(9-11)21(23)24)20-7-1-2-8-20/h5-6,9-10H,1-4,7-8H2,(H,17,19,22). The van der Waals surface area contributed by atoms with Crippen molar-refractivity contribution in [3.63, 3.8) is 0 Å². The molecule has 2 fully saturated rings. The maximum atomic E-state index is 12.4. The number of hydrogen-bond donors (Lipinski definition) is 1. The largest absolute Gasteiger partial charge is 0.366 e. The molecule has 0 spiro atoms. The number of benzene rings is 1. The second-order valence-electron chi connectivity index (χ2n) is 6.33. The van der Waals surface area contributed by atoms with Gasteiger partial charge >= 0.3 is 0 Å². The van der Waals surface area contributed by atoms with Gasteiger partial charge in [0.15, 0.2) is 0 Å². The average Bonchev–Trinajstić information content (AvgIpc) is 3.11. The van der Waals surface area contributed by atoms with Gasteiger partial charge in [0.05, 0.1) is 4.92 Å². The monoisotopic (exact) mass is 359 g/mol. The van der Waals surface area contributed by atoms with Crippen LogP contribution in [-0.4, -0.2) is 34.1 Å². The van der Waals surface area contributed by atoms with E-state index in [0.29, 0.717) is 16.7 Å². The van der Waals surface area contributed by atoms with Gasteiger partial charge < -0.3 is 4.90 Å². The third kappa shape index (κ3) is 3.32. The maximum Gasteiger partial charge on any atom is 0.293 e. The molecule has 1 aromatic heterocycles. The number of nitro benzene ring substituents is 1. The normalized spacial score (nSPS) is 16.9. The van der Waals surface area contributed by atoms with Gasteiger partial charge in [0.25, 0.3) is 11.6 Å². The lowest BCUT2D eigenvalue weighted by molar-refractivity contribution is -0.384. The molecule has 1 N–H and O–H groups in total. The van der Waals surface area contributed by atoms with Crippen molar-refractivity contribution in [2.24, 2.45) is 0 Å². The van der Waals surface area contributed by atoms with Crippen molar-refractivity contribution in [2.75, 3.05) is 23.3 Å². The van der Waals surface area contributed by atoms with E-state index in [0.717, 1.165) is 43.8 Å². The van der Waals surface area contributed by atoms with Gasteiger partial charge in [-0.3, -0.25) is 20.2 Å². The number of carbonyl (C=O) groups excluding carboxylic acids is 1. The minimum atomic E-state index is -0.430. The highest BCUT2D eigenvalue weighted by molar-refractivity contribution is 7.15. The summed E-state index contributed by atoms with van der Waals surface area (Å²) in [6.45, 7) is 1.61. The zero-order valence-corrected chi connectivity index (χ0v) is 14.3. The first-order valence-electron chi connectivity index (χ1n) is 8.30. The molecule has 1 saturated carbocycles. The summed E-state index contributed by atoms with van der Waals surface area (Å²) >= 11 is 1.36. The van der Waals surface area contributed by atoms with Crippen molar-refractivity contribution >= 4 is 33.8 Å². The fourth-order valence-corrected chi connectivity index (χ4v) is 3.89. The minimum absolute atomic E-state index is 0.0366. The lowest BCUT2D eigenvalue weighted by Gasteiger charge is -2.17. The van der Waals surface area contributed by atoms with Crippen LogP contribution in [0.25, 0.3) is 0 Å². The van der Waals surface area contributed by atoms with Crippen LogP contribution in [-0.2, 0) is 0 Å². The average molecular weight is 359 g/mol. The first-order valence-corrected chi connectivity index (χ1v) is 9.11. The first kappa shape index (κ1) is 15.9. The van der Waals surface area contributed by atoms with Crippen LogP contribution in [0.5, 0.6) is 0 Å². The van der Waals surface area contributed by atoms with Crippen LogP contribution in [0, 0.1) is 10.1 Å². The van der Waals surface area contributed by atoms with Crippen molar-refractivity contribution in [3.05, 3.63) is 38.9 Å². The number of rotatable bonds is 5. The molecule has 2 aliphatic rings. The highest BCUT2D eigenvalue weighted by Crippen LogP contribution is 2.42. The quantitative estimate of drug-likeness (QED) is 0.650. The summed E-state index contributed by atoms with van der Waals surface area (Å²) in [5.41, 5.74) is 0.786. The molecule has 0 bridgehead atoms. The van der Waals surface area contributed by atoms with E-state index in [9.17, 15) is 14.9 Å². The smallest absolute Gasteiger partial charge is 0.293 e. The summed E-state index contributed by atoms with van der Waals surface area (Å²) in [5, 5.41) is 23.5. The maximum absolute atomic E-state index is 12.4. The number of amides is 1. The van der Waals surface area contributed by atoms with Crippen molar-refractivity contribution in [1.82, 2.24) is 10.2 Å². The van der Waals surface area contributed by atoms with Gasteiger partial charge in [-0.2, -0.15) is 0 Å². The summed E-state index contributed by atoms with van der Waals surface area (Å²) in [7, 11) is 0. The first-order chi connectivity index (χ1) is 12.1. The van der Waals surface area contributed by atoms with Crippen molar-refractivity contribution < 1.29 is 9.72 Å². The molecule has 9 heteroatoms. The molecule has 1 saturated heterocycles. The van der Waals surface area contributed by atoms with E-state index < -0.39 is 10.8 Å². The molecule has 25 heavy (non-hydrogen) atoms. The summed E-state index contributed by atoms with van der Waals surface area (Å²) in [6.07, 6.45) is 4.29. The van der Waals surface area contributed by atoms with Crippen LogP contribution >= 0.6 is 11.3 Å². The molecular formula is C16H17N5O3S. The zero-order valence-electron chi connectivity index (χ0n) is 13.5. The molecule has 1 aliphatic heterocycles. The molecule has 0 unspecified atom stereocenters. The van der Waals surface area contributed by atoms with E-state index in [1.807, 2.05) is 4.90 Å². The Morgan fingerprint density at radius 3 is 2.72 bits per heavy atom. The number of nitro groups is 1. The number of hydrogen-bond acceptors (Lipinski definition) is 7. The summed E-state index contributed by atoms with van der Waals surface area (Å²) in [6, 6.07) is 4.62. The molecule has 8 nitrogen and oxygen atoms in total. The van der Waals surface area contributed by atoms with Crippen molar-refractivity contribution in [1.29, 1.82) is 0 Å². The predicted molar refractivity (Wildman–Crippen MR) is 94.4 cm³/mol. The van der Waals surface area contributed by atoms with Crippen LogP contribution in [0.2, 0.25) is 0 Å². The van der Waals surface area contributed by atoms with E-state index in [1.54, 1.807) is 12.1 Å². The lowest BCUT2D eigenvalue weighted by atomic mass is 10.1. The van der Waals surface area contributed by atoms with Crippen molar-refractivity contribution in [2.45, 2.75) is 31.6 Å². The van der Waals surface area contributed by atoms with Crippen LogP contribution in [0.1, 0.15) is 47.0 Å². The summed E-state index contributed by atoms with van der Waals surface area (Å²) in [4.78, 5) is 25.4. The molecule has 130 valence electrons. The van der Waals surface area contributed by atoms with Gasteiger partial charge in [-0.15, -0.1) is 10.2 Å². The molecule has 0 atom stereocenters. The molecule has 2 heterocycles. The molecule has 2 aromatic rings. The third-order valence-corrected chi connectivity index (χ3v) is 5.47. The summed E-state index contributed by atoms with van der Waals surface area (Å²) < 4.78 is 0. The number of anilines is 2. The second kappa shape index (κ2) is 6.40. The van der Waals surface area contributed by atoms with Gasteiger partial charge in [-0.05, 0) is 37.8 Å². The number of nitrogens with one attached hydrogen (secondary N) is 1. The minimum Gasteiger partial charge on any atom is -0.366 e. The van der Waals surface area contributed by atoms with Crippen LogP contribution < -0.4 is 10.2 Å². The third-order valence-electron chi connectivity index (χ3n) is 4.47. The lowest BCUT2D eigenvalue weighted by Crippen LogP contribution is -2.19. The number of carbonyl (C=O) groups is 1. The van der Waals surface area contributed by atoms with E-state index in [1.165, 1.54) is 17.4 Å². The van der Waals surface area contributed by atoms with E-state index >= 15 is 0 Å². The Labute approximate surface area is 148 Å². The molecule has 0 radical (unpaired) electrons. The Balaban J connectivity index is 1.54.